The van der Waals surface area contributed by atoms with Gasteiger partial charge in [-0.05, 0) is 42.2 Å². The Balaban J connectivity index is 2.23. The van der Waals surface area contributed by atoms with Crippen LogP contribution in [0.2, 0.25) is 0 Å². The molecule has 2 aromatic rings. The molecule has 0 radical (unpaired) electrons. The van der Waals surface area contributed by atoms with Crippen LogP contribution in [0.15, 0.2) is 54.1 Å². The number of ether oxygens (including phenoxy) is 1. The number of nitriles is 1. The van der Waals surface area contributed by atoms with Gasteiger partial charge in [-0.2, -0.15) is 5.26 Å². The molecule has 0 aliphatic rings. The number of rotatable bonds is 6. The Morgan fingerprint density at radius 2 is 1.81 bits per heavy atom. The van der Waals surface area contributed by atoms with Crippen molar-refractivity contribution in [3.05, 3.63) is 70.8 Å². The first kappa shape index (κ1) is 19.9. The fourth-order valence-electron chi connectivity index (χ4n) is 2.46. The topological polar surface area (TPSA) is 79.2 Å². The SMILES string of the molecule is CCOC(=O)c1ccccc1NC(=O)/C(C#N)=C\c1ccc(C(C)C)cc1. The molecule has 0 aliphatic carbocycles. The molecule has 2 rings (SSSR count). The van der Waals surface area contributed by atoms with E-state index in [1.165, 1.54) is 11.6 Å². The summed E-state index contributed by atoms with van der Waals surface area (Å²) in [6.07, 6.45) is 1.52. The molecule has 1 N–H and O–H groups in total. The van der Waals surface area contributed by atoms with Gasteiger partial charge >= 0.3 is 5.97 Å². The molecule has 138 valence electrons. The molecule has 2 aromatic carbocycles. The number of hydrogen-bond donors (Lipinski definition) is 1. The molecular weight excluding hydrogens is 340 g/mol. The summed E-state index contributed by atoms with van der Waals surface area (Å²) in [5, 5.41) is 12.0. The number of nitrogens with one attached hydrogen (secondary N) is 1. The van der Waals surface area contributed by atoms with Gasteiger partial charge in [-0.15, -0.1) is 0 Å². The van der Waals surface area contributed by atoms with Gasteiger partial charge in [0.15, 0.2) is 0 Å². The summed E-state index contributed by atoms with van der Waals surface area (Å²) in [6.45, 7) is 6.14. The van der Waals surface area contributed by atoms with E-state index in [1.54, 1.807) is 31.2 Å². The Labute approximate surface area is 159 Å². The van der Waals surface area contributed by atoms with Gasteiger partial charge in [0.2, 0.25) is 0 Å². The normalized spacial score (nSPS) is 11.0. The number of carbonyl (C=O) groups excluding carboxylic acids is 2. The largest absolute Gasteiger partial charge is 0.462 e. The van der Waals surface area contributed by atoms with Crippen molar-refractivity contribution in [2.75, 3.05) is 11.9 Å². The second kappa shape index (κ2) is 9.35. The highest BCUT2D eigenvalue weighted by Gasteiger charge is 2.16. The zero-order chi connectivity index (χ0) is 19.8. The summed E-state index contributed by atoms with van der Waals surface area (Å²) >= 11 is 0. The van der Waals surface area contributed by atoms with Gasteiger partial charge < -0.3 is 10.1 Å². The van der Waals surface area contributed by atoms with E-state index in [0.717, 1.165) is 5.56 Å². The van der Waals surface area contributed by atoms with Crippen LogP contribution in [0.3, 0.4) is 0 Å². The first-order valence-electron chi connectivity index (χ1n) is 8.75. The Hall–Kier alpha value is -3.39. The van der Waals surface area contributed by atoms with Crippen molar-refractivity contribution < 1.29 is 14.3 Å². The molecule has 0 aliphatic heterocycles. The van der Waals surface area contributed by atoms with Crippen molar-refractivity contribution in [3.63, 3.8) is 0 Å². The molecule has 0 unspecified atom stereocenters. The fourth-order valence-corrected chi connectivity index (χ4v) is 2.46. The van der Waals surface area contributed by atoms with Crippen molar-refractivity contribution in [2.45, 2.75) is 26.7 Å². The molecule has 1 amide bonds. The van der Waals surface area contributed by atoms with Gasteiger partial charge in [-0.3, -0.25) is 4.79 Å². The molecule has 27 heavy (non-hydrogen) atoms. The molecule has 0 heterocycles. The molecule has 5 nitrogen and oxygen atoms in total. The molecule has 0 spiro atoms. The van der Waals surface area contributed by atoms with E-state index in [-0.39, 0.29) is 17.7 Å². The maximum atomic E-state index is 12.5. The van der Waals surface area contributed by atoms with Gasteiger partial charge in [-0.1, -0.05) is 50.2 Å². The van der Waals surface area contributed by atoms with Crippen molar-refractivity contribution in [3.8, 4) is 6.07 Å². The predicted molar refractivity (Wildman–Crippen MR) is 105 cm³/mol. The van der Waals surface area contributed by atoms with E-state index in [2.05, 4.69) is 19.2 Å². The minimum atomic E-state index is -0.581. The highest BCUT2D eigenvalue weighted by molar-refractivity contribution is 6.11. The number of carbonyl (C=O) groups is 2. The Bertz CT molecular complexity index is 891. The third-order valence-electron chi connectivity index (χ3n) is 3.95. The third kappa shape index (κ3) is 5.29. The summed E-state index contributed by atoms with van der Waals surface area (Å²) < 4.78 is 4.99. The van der Waals surface area contributed by atoms with Crippen molar-refractivity contribution >= 4 is 23.6 Å². The van der Waals surface area contributed by atoms with Crippen LogP contribution in [-0.2, 0) is 9.53 Å². The van der Waals surface area contributed by atoms with E-state index in [4.69, 9.17) is 4.74 Å². The predicted octanol–water partition coefficient (Wildman–Crippen LogP) is 4.53. The van der Waals surface area contributed by atoms with Crippen LogP contribution in [-0.4, -0.2) is 18.5 Å². The lowest BCUT2D eigenvalue weighted by atomic mass is 10.0. The van der Waals surface area contributed by atoms with Gasteiger partial charge in [0.1, 0.15) is 11.6 Å². The van der Waals surface area contributed by atoms with E-state index in [9.17, 15) is 14.9 Å². The Kier molecular flexibility index (Phi) is 6.90. The highest BCUT2D eigenvalue weighted by atomic mass is 16.5. The molecule has 0 atom stereocenters. The molecular formula is C22H22N2O3. The molecule has 0 saturated carbocycles. The summed E-state index contributed by atoms with van der Waals surface area (Å²) in [4.78, 5) is 24.5. The third-order valence-corrected chi connectivity index (χ3v) is 3.95. The first-order chi connectivity index (χ1) is 13.0. The summed E-state index contributed by atoms with van der Waals surface area (Å²) in [5.41, 5.74) is 2.43. The van der Waals surface area contributed by atoms with Gasteiger partial charge in [0.05, 0.1) is 17.9 Å². The van der Waals surface area contributed by atoms with Crippen LogP contribution in [0, 0.1) is 11.3 Å². The van der Waals surface area contributed by atoms with Gasteiger partial charge in [-0.25, -0.2) is 4.79 Å². The standard InChI is InChI=1S/C22H22N2O3/c1-4-27-22(26)19-7-5-6-8-20(19)24-21(25)18(14-23)13-16-9-11-17(12-10-16)15(2)3/h5-13,15H,4H2,1-3H3,(H,24,25)/b18-13-. The number of esters is 1. The number of nitrogens with zero attached hydrogens (tertiary/aromatic N) is 1. The zero-order valence-corrected chi connectivity index (χ0v) is 15.7. The number of benzene rings is 2. The summed E-state index contributed by atoms with van der Waals surface area (Å²) in [5.74, 6) is -0.705. The zero-order valence-electron chi connectivity index (χ0n) is 15.7. The summed E-state index contributed by atoms with van der Waals surface area (Å²) in [7, 11) is 0. The number of amides is 1. The van der Waals surface area contributed by atoms with Gasteiger partial charge in [0, 0.05) is 0 Å². The maximum absolute atomic E-state index is 12.5. The molecule has 0 aromatic heterocycles. The smallest absolute Gasteiger partial charge is 0.340 e. The molecule has 0 fully saturated rings. The first-order valence-corrected chi connectivity index (χ1v) is 8.75. The average Bonchev–Trinajstić information content (AvgIpc) is 2.67. The van der Waals surface area contributed by atoms with Crippen LogP contribution >= 0.6 is 0 Å². The maximum Gasteiger partial charge on any atom is 0.340 e. The Morgan fingerprint density at radius 3 is 2.41 bits per heavy atom. The number of para-hydroxylation sites is 1. The molecule has 0 bridgehead atoms. The monoisotopic (exact) mass is 362 g/mol. The van der Waals surface area contributed by atoms with E-state index in [0.29, 0.717) is 11.6 Å². The molecule has 5 heteroatoms. The lowest BCUT2D eigenvalue weighted by Gasteiger charge is -2.10. The van der Waals surface area contributed by atoms with Crippen LogP contribution < -0.4 is 5.32 Å². The lowest BCUT2D eigenvalue weighted by Crippen LogP contribution is -2.17. The molecule has 0 saturated heterocycles. The lowest BCUT2D eigenvalue weighted by molar-refractivity contribution is -0.112. The van der Waals surface area contributed by atoms with Crippen molar-refractivity contribution in [1.29, 1.82) is 5.26 Å². The quantitative estimate of drug-likeness (QED) is 0.465. The van der Waals surface area contributed by atoms with E-state index >= 15 is 0 Å². The van der Waals surface area contributed by atoms with Crippen molar-refractivity contribution in [1.82, 2.24) is 0 Å². The minimum Gasteiger partial charge on any atom is -0.462 e. The van der Waals surface area contributed by atoms with E-state index in [1.807, 2.05) is 30.3 Å². The van der Waals surface area contributed by atoms with E-state index < -0.39 is 11.9 Å². The second-order valence-electron chi connectivity index (χ2n) is 6.21. The second-order valence-corrected chi connectivity index (χ2v) is 6.21. The number of hydrogen-bond acceptors (Lipinski definition) is 4. The van der Waals surface area contributed by atoms with Crippen LogP contribution in [0.5, 0.6) is 0 Å². The average molecular weight is 362 g/mol. The van der Waals surface area contributed by atoms with Crippen LogP contribution in [0.1, 0.15) is 48.2 Å². The summed E-state index contributed by atoms with van der Waals surface area (Å²) in [6, 6.07) is 16.1. The van der Waals surface area contributed by atoms with Crippen molar-refractivity contribution in [2.24, 2.45) is 0 Å². The fraction of sp³-hybridized carbons (Fsp3) is 0.227. The number of anilines is 1. The minimum absolute atomic E-state index is 0.0500. The Morgan fingerprint density at radius 1 is 1.15 bits per heavy atom. The van der Waals surface area contributed by atoms with Crippen LogP contribution in [0.4, 0.5) is 5.69 Å². The highest BCUT2D eigenvalue weighted by Crippen LogP contribution is 2.19. The van der Waals surface area contributed by atoms with Gasteiger partial charge in [0.25, 0.3) is 5.91 Å². The van der Waals surface area contributed by atoms with Crippen LogP contribution in [0.25, 0.3) is 6.08 Å².